The molecule has 1 saturated heterocycles. The fraction of sp³-hybridized carbons (Fsp3) is 0.300. The van der Waals surface area contributed by atoms with Crippen molar-refractivity contribution in [3.05, 3.63) is 65.0 Å². The quantitative estimate of drug-likeness (QED) is 0.708. The van der Waals surface area contributed by atoms with Crippen molar-refractivity contribution < 1.29 is 4.79 Å². The van der Waals surface area contributed by atoms with Crippen LogP contribution in [-0.4, -0.2) is 52.0 Å². The highest BCUT2D eigenvalue weighted by Gasteiger charge is 2.27. The van der Waals surface area contributed by atoms with Crippen LogP contribution >= 0.6 is 0 Å². The van der Waals surface area contributed by atoms with Crippen LogP contribution in [0.5, 0.6) is 0 Å². The first-order valence-electron chi connectivity index (χ1n) is 9.08. The van der Waals surface area contributed by atoms with Crippen molar-refractivity contribution in [3.8, 4) is 0 Å². The number of para-hydroxylation sites is 1. The number of benzene rings is 2. The van der Waals surface area contributed by atoms with E-state index in [0.29, 0.717) is 24.0 Å². The number of fused-ring (bicyclic) bond motifs is 1. The van der Waals surface area contributed by atoms with E-state index in [4.69, 9.17) is 0 Å². The first kappa shape index (κ1) is 17.2. The van der Waals surface area contributed by atoms with Gasteiger partial charge >= 0.3 is 0 Å². The lowest BCUT2D eigenvalue weighted by Crippen LogP contribution is -2.51. The average Bonchev–Trinajstić information content (AvgIpc) is 2.74. The zero-order valence-corrected chi connectivity index (χ0v) is 15.2. The van der Waals surface area contributed by atoms with Crippen LogP contribution < -0.4 is 10.5 Å². The van der Waals surface area contributed by atoms with Gasteiger partial charge in [-0.3, -0.25) is 9.59 Å². The van der Waals surface area contributed by atoms with Gasteiger partial charge in [-0.15, -0.1) is 5.10 Å². The standard InChI is InChI=1S/C20H21N5O2/c1-15(25-20(27)17-9-5-6-10-18(17)21-22-25)19(26)24-13-11-23(12-14-24)16-7-3-2-4-8-16/h2-10,15H,11-14H2,1H3/t15-/m1/s1. The summed E-state index contributed by atoms with van der Waals surface area (Å²) >= 11 is 0. The number of hydrogen-bond acceptors (Lipinski definition) is 5. The molecule has 7 nitrogen and oxygen atoms in total. The third-order valence-corrected chi connectivity index (χ3v) is 5.03. The van der Waals surface area contributed by atoms with E-state index in [9.17, 15) is 9.59 Å². The maximum atomic E-state index is 12.9. The van der Waals surface area contributed by atoms with E-state index >= 15 is 0 Å². The van der Waals surface area contributed by atoms with Crippen LogP contribution in [0.1, 0.15) is 13.0 Å². The number of nitrogens with zero attached hydrogens (tertiary/aromatic N) is 5. The van der Waals surface area contributed by atoms with Gasteiger partial charge in [0.2, 0.25) is 5.91 Å². The van der Waals surface area contributed by atoms with Gasteiger partial charge in [0.1, 0.15) is 11.6 Å². The fourth-order valence-electron chi connectivity index (χ4n) is 3.45. The van der Waals surface area contributed by atoms with Gasteiger partial charge in [0.05, 0.1) is 5.39 Å². The smallest absolute Gasteiger partial charge is 0.278 e. The van der Waals surface area contributed by atoms with Crippen LogP contribution in [0.25, 0.3) is 10.9 Å². The van der Waals surface area contributed by atoms with Crippen molar-refractivity contribution in [2.24, 2.45) is 0 Å². The Morgan fingerprint density at radius 1 is 0.963 bits per heavy atom. The Hall–Kier alpha value is -3.22. The Balaban J connectivity index is 1.49. The Bertz CT molecular complexity index is 1010. The van der Waals surface area contributed by atoms with E-state index < -0.39 is 6.04 Å². The Morgan fingerprint density at radius 2 is 1.63 bits per heavy atom. The zero-order valence-electron chi connectivity index (χ0n) is 15.2. The van der Waals surface area contributed by atoms with Crippen molar-refractivity contribution in [2.45, 2.75) is 13.0 Å². The van der Waals surface area contributed by atoms with Crippen LogP contribution in [0, 0.1) is 0 Å². The van der Waals surface area contributed by atoms with E-state index in [0.717, 1.165) is 18.8 Å². The summed E-state index contributed by atoms with van der Waals surface area (Å²) in [5.74, 6) is -0.102. The van der Waals surface area contributed by atoms with Gasteiger partial charge in [-0.25, -0.2) is 0 Å². The molecule has 4 rings (SSSR count). The minimum absolute atomic E-state index is 0.102. The normalized spacial score (nSPS) is 15.7. The van der Waals surface area contributed by atoms with Crippen LogP contribution in [0.3, 0.4) is 0 Å². The summed E-state index contributed by atoms with van der Waals surface area (Å²) in [4.78, 5) is 29.6. The maximum absolute atomic E-state index is 12.9. The molecular formula is C20H21N5O2. The van der Waals surface area contributed by atoms with Crippen molar-refractivity contribution in [1.29, 1.82) is 0 Å². The second-order valence-corrected chi connectivity index (χ2v) is 6.68. The summed E-state index contributed by atoms with van der Waals surface area (Å²) in [6.07, 6.45) is 0. The second kappa shape index (κ2) is 7.19. The van der Waals surface area contributed by atoms with E-state index in [1.165, 1.54) is 4.68 Å². The molecule has 1 atom stereocenters. The molecule has 138 valence electrons. The van der Waals surface area contributed by atoms with E-state index in [1.54, 1.807) is 30.0 Å². The molecule has 0 N–H and O–H groups in total. The van der Waals surface area contributed by atoms with Crippen LogP contribution in [0.15, 0.2) is 59.4 Å². The van der Waals surface area contributed by atoms with Gasteiger partial charge in [-0.05, 0) is 31.2 Å². The minimum Gasteiger partial charge on any atom is -0.368 e. The topological polar surface area (TPSA) is 71.3 Å². The molecule has 1 aliphatic rings. The predicted octanol–water partition coefficient (Wildman–Crippen LogP) is 1.70. The molecule has 0 radical (unpaired) electrons. The molecule has 2 heterocycles. The van der Waals surface area contributed by atoms with Crippen molar-refractivity contribution in [2.75, 3.05) is 31.1 Å². The molecule has 0 saturated carbocycles. The molecule has 1 amide bonds. The highest BCUT2D eigenvalue weighted by Crippen LogP contribution is 2.17. The van der Waals surface area contributed by atoms with Gasteiger partial charge in [0.25, 0.3) is 5.56 Å². The molecule has 7 heteroatoms. The first-order chi connectivity index (χ1) is 13.1. The molecule has 3 aromatic rings. The van der Waals surface area contributed by atoms with E-state index in [1.807, 2.05) is 24.3 Å². The lowest BCUT2D eigenvalue weighted by Gasteiger charge is -2.37. The van der Waals surface area contributed by atoms with Gasteiger partial charge in [-0.2, -0.15) is 4.68 Å². The van der Waals surface area contributed by atoms with Gasteiger partial charge in [0.15, 0.2) is 0 Å². The molecular weight excluding hydrogens is 342 g/mol. The third-order valence-electron chi connectivity index (χ3n) is 5.03. The molecule has 1 fully saturated rings. The van der Waals surface area contributed by atoms with Crippen molar-refractivity contribution >= 4 is 22.5 Å². The number of amides is 1. The highest BCUT2D eigenvalue weighted by molar-refractivity contribution is 5.81. The Labute approximate surface area is 156 Å². The number of hydrogen-bond donors (Lipinski definition) is 0. The number of rotatable bonds is 3. The number of piperazine rings is 1. The highest BCUT2D eigenvalue weighted by atomic mass is 16.2. The second-order valence-electron chi connectivity index (χ2n) is 6.68. The SMILES string of the molecule is C[C@H](C(=O)N1CCN(c2ccccc2)CC1)n1nnc2ccccc2c1=O. The van der Waals surface area contributed by atoms with Gasteiger partial charge in [-0.1, -0.05) is 35.5 Å². The summed E-state index contributed by atoms with van der Waals surface area (Å²) in [5.41, 5.74) is 1.41. The summed E-state index contributed by atoms with van der Waals surface area (Å²) in [6.45, 7) is 4.47. The Kier molecular flexibility index (Phi) is 4.58. The summed E-state index contributed by atoms with van der Waals surface area (Å²) < 4.78 is 1.19. The molecule has 1 aliphatic heterocycles. The van der Waals surface area contributed by atoms with Crippen molar-refractivity contribution in [1.82, 2.24) is 19.9 Å². The number of carbonyl (C=O) groups excluding carboxylic acids is 1. The minimum atomic E-state index is -0.683. The largest absolute Gasteiger partial charge is 0.368 e. The summed E-state index contributed by atoms with van der Waals surface area (Å²) in [5, 5.41) is 8.53. The summed E-state index contributed by atoms with van der Waals surface area (Å²) in [7, 11) is 0. The van der Waals surface area contributed by atoms with Gasteiger partial charge < -0.3 is 9.80 Å². The summed E-state index contributed by atoms with van der Waals surface area (Å²) in [6, 6.07) is 16.5. The van der Waals surface area contributed by atoms with Crippen molar-refractivity contribution in [3.63, 3.8) is 0 Å². The first-order valence-corrected chi connectivity index (χ1v) is 9.08. The lowest BCUT2D eigenvalue weighted by molar-refractivity contribution is -0.135. The van der Waals surface area contributed by atoms with Gasteiger partial charge in [0, 0.05) is 31.9 Å². The molecule has 0 spiro atoms. The number of carbonyl (C=O) groups is 1. The van der Waals surface area contributed by atoms with E-state index in [2.05, 4.69) is 27.3 Å². The molecule has 27 heavy (non-hydrogen) atoms. The molecule has 0 bridgehead atoms. The Morgan fingerprint density at radius 3 is 2.37 bits per heavy atom. The van der Waals surface area contributed by atoms with E-state index in [-0.39, 0.29) is 11.5 Å². The van der Waals surface area contributed by atoms with Crippen LogP contribution in [0.2, 0.25) is 0 Å². The predicted molar refractivity (Wildman–Crippen MR) is 104 cm³/mol. The molecule has 0 aliphatic carbocycles. The third kappa shape index (κ3) is 3.28. The zero-order chi connectivity index (χ0) is 18.8. The van der Waals surface area contributed by atoms with Crippen LogP contribution in [0.4, 0.5) is 5.69 Å². The lowest BCUT2D eigenvalue weighted by atomic mass is 10.2. The molecule has 0 unspecified atom stereocenters. The number of anilines is 1. The molecule has 1 aromatic heterocycles. The monoisotopic (exact) mass is 363 g/mol. The van der Waals surface area contributed by atoms with Crippen LogP contribution in [-0.2, 0) is 4.79 Å². The molecule has 2 aromatic carbocycles. The maximum Gasteiger partial charge on any atom is 0.278 e. The number of aromatic nitrogens is 3. The average molecular weight is 363 g/mol. The fourth-order valence-corrected chi connectivity index (χ4v) is 3.45.